The molecule has 1 atom stereocenters. The summed E-state index contributed by atoms with van der Waals surface area (Å²) in [4.78, 5) is 22.4. The number of sulfone groups is 1. The molecule has 0 radical (unpaired) electrons. The zero-order valence-electron chi connectivity index (χ0n) is 10.8. The van der Waals surface area contributed by atoms with E-state index in [2.05, 4.69) is 20.8 Å². The van der Waals surface area contributed by atoms with Crippen molar-refractivity contribution in [1.82, 2.24) is 20.8 Å². The molecule has 0 aliphatic heterocycles. The smallest absolute Gasteiger partial charge is 0.326 e. The molecule has 0 saturated heterocycles. The molecule has 0 aliphatic carbocycles. The first-order chi connectivity index (χ1) is 9.28. The number of amides is 2. The van der Waals surface area contributed by atoms with Crippen LogP contribution in [0.25, 0.3) is 0 Å². The molecule has 1 unspecified atom stereocenters. The third-order valence-electron chi connectivity index (χ3n) is 2.39. The molecular formula is C10H16N4O5S. The van der Waals surface area contributed by atoms with Gasteiger partial charge >= 0.3 is 12.0 Å². The zero-order chi connectivity index (χ0) is 15.2. The second-order valence-electron chi connectivity index (χ2n) is 4.24. The van der Waals surface area contributed by atoms with E-state index >= 15 is 0 Å². The molecule has 1 aromatic heterocycles. The number of nitrogens with zero attached hydrogens (tertiary/aromatic N) is 1. The summed E-state index contributed by atoms with van der Waals surface area (Å²) >= 11 is 0. The lowest BCUT2D eigenvalue weighted by atomic mass is 10.2. The summed E-state index contributed by atoms with van der Waals surface area (Å²) in [7, 11) is -3.28. The van der Waals surface area contributed by atoms with Gasteiger partial charge in [-0.15, -0.1) is 0 Å². The van der Waals surface area contributed by atoms with E-state index in [1.54, 1.807) is 6.20 Å². The van der Waals surface area contributed by atoms with Crippen molar-refractivity contribution >= 4 is 21.8 Å². The van der Waals surface area contributed by atoms with E-state index < -0.39 is 27.9 Å². The number of hydrogen-bond donors (Lipinski definition) is 4. The number of H-pyrrole nitrogens is 1. The quantitative estimate of drug-likeness (QED) is 0.514. The number of hydrogen-bond acceptors (Lipinski definition) is 5. The van der Waals surface area contributed by atoms with Gasteiger partial charge in [0, 0.05) is 24.6 Å². The van der Waals surface area contributed by atoms with Crippen molar-refractivity contribution in [2.75, 3.05) is 12.0 Å². The van der Waals surface area contributed by atoms with Crippen LogP contribution in [0.15, 0.2) is 12.4 Å². The summed E-state index contributed by atoms with van der Waals surface area (Å²) in [6.45, 7) is 0.181. The van der Waals surface area contributed by atoms with Gasteiger partial charge in [-0.25, -0.2) is 18.0 Å². The molecule has 0 aliphatic rings. The summed E-state index contributed by atoms with van der Waals surface area (Å²) in [6.07, 6.45) is 3.91. The van der Waals surface area contributed by atoms with E-state index in [0.29, 0.717) is 0 Å². The van der Waals surface area contributed by atoms with Crippen LogP contribution < -0.4 is 10.6 Å². The summed E-state index contributed by atoms with van der Waals surface area (Å²) in [5.41, 5.74) is 0.725. The molecule has 2 amide bonds. The van der Waals surface area contributed by atoms with Gasteiger partial charge in [0.25, 0.3) is 0 Å². The lowest BCUT2D eigenvalue weighted by molar-refractivity contribution is -0.139. The number of nitrogens with one attached hydrogen (secondary N) is 3. The minimum absolute atomic E-state index is 0.181. The van der Waals surface area contributed by atoms with E-state index in [1.165, 1.54) is 6.20 Å². The van der Waals surface area contributed by atoms with E-state index in [4.69, 9.17) is 5.11 Å². The van der Waals surface area contributed by atoms with Crippen LogP contribution in [0.2, 0.25) is 0 Å². The Morgan fingerprint density at radius 1 is 1.50 bits per heavy atom. The van der Waals surface area contributed by atoms with Crippen LogP contribution in [-0.4, -0.2) is 53.8 Å². The Hall–Kier alpha value is -2.10. The molecule has 112 valence electrons. The van der Waals surface area contributed by atoms with Crippen molar-refractivity contribution in [3.8, 4) is 0 Å². The summed E-state index contributed by atoms with van der Waals surface area (Å²) < 4.78 is 22.0. The third kappa shape index (κ3) is 6.18. The molecule has 0 aromatic carbocycles. The Morgan fingerprint density at radius 2 is 2.20 bits per heavy atom. The Balaban J connectivity index is 2.44. The maximum Gasteiger partial charge on any atom is 0.326 e. The Kier molecular flexibility index (Phi) is 5.50. The van der Waals surface area contributed by atoms with Gasteiger partial charge in [0.1, 0.15) is 15.9 Å². The normalized spacial score (nSPS) is 12.7. The highest BCUT2D eigenvalue weighted by atomic mass is 32.2. The van der Waals surface area contributed by atoms with Crippen molar-refractivity contribution in [2.45, 2.75) is 19.0 Å². The molecule has 1 aromatic rings. The maximum atomic E-state index is 11.5. The average molecular weight is 304 g/mol. The van der Waals surface area contributed by atoms with Crippen molar-refractivity contribution in [2.24, 2.45) is 0 Å². The van der Waals surface area contributed by atoms with Crippen LogP contribution in [0.5, 0.6) is 0 Å². The predicted octanol–water partition coefficient (Wildman–Crippen LogP) is -0.903. The lowest BCUT2D eigenvalue weighted by Crippen LogP contribution is -2.46. The summed E-state index contributed by atoms with van der Waals surface area (Å²) in [5.74, 6) is -1.60. The number of aromatic amines is 1. The second kappa shape index (κ2) is 6.89. The molecule has 0 fully saturated rings. The fourth-order valence-electron chi connectivity index (χ4n) is 1.36. The molecular weight excluding hydrogens is 288 g/mol. The number of carbonyl (C=O) groups is 2. The molecule has 0 saturated carbocycles. The fraction of sp³-hybridized carbons (Fsp3) is 0.500. The number of carboxylic acids is 1. The second-order valence-corrected chi connectivity index (χ2v) is 6.50. The first-order valence-corrected chi connectivity index (χ1v) is 7.76. The first-order valence-electron chi connectivity index (χ1n) is 5.70. The van der Waals surface area contributed by atoms with Crippen molar-refractivity contribution in [3.05, 3.63) is 18.0 Å². The lowest BCUT2D eigenvalue weighted by Gasteiger charge is -2.14. The number of aliphatic carboxylic acids is 1. The number of carboxylic acid groups (broad SMARTS) is 1. The van der Waals surface area contributed by atoms with Gasteiger partial charge in [-0.2, -0.15) is 5.10 Å². The SMILES string of the molecule is CS(=O)(=O)CCC(NC(=O)NCc1cn[nH]c1)C(=O)O. The van der Waals surface area contributed by atoms with Gasteiger partial charge < -0.3 is 15.7 Å². The largest absolute Gasteiger partial charge is 0.480 e. The van der Waals surface area contributed by atoms with E-state index in [1.807, 2.05) is 0 Å². The van der Waals surface area contributed by atoms with Crippen molar-refractivity contribution in [3.63, 3.8) is 0 Å². The highest BCUT2D eigenvalue weighted by Gasteiger charge is 2.21. The molecule has 0 bridgehead atoms. The van der Waals surface area contributed by atoms with Gasteiger partial charge in [-0.05, 0) is 6.42 Å². The van der Waals surface area contributed by atoms with Gasteiger partial charge in [-0.1, -0.05) is 0 Å². The zero-order valence-corrected chi connectivity index (χ0v) is 11.6. The fourth-order valence-corrected chi connectivity index (χ4v) is 2.02. The van der Waals surface area contributed by atoms with Crippen LogP contribution in [-0.2, 0) is 21.2 Å². The molecule has 1 heterocycles. The molecule has 10 heteroatoms. The third-order valence-corrected chi connectivity index (χ3v) is 3.37. The van der Waals surface area contributed by atoms with Gasteiger partial charge in [0.2, 0.25) is 0 Å². The number of urea groups is 1. The Labute approximate surface area is 115 Å². The highest BCUT2D eigenvalue weighted by Crippen LogP contribution is 1.98. The maximum absolute atomic E-state index is 11.5. The average Bonchev–Trinajstić information content (AvgIpc) is 2.83. The first kappa shape index (κ1) is 16.0. The number of aromatic nitrogens is 2. The van der Waals surface area contributed by atoms with E-state index in [-0.39, 0.29) is 18.7 Å². The van der Waals surface area contributed by atoms with E-state index in [9.17, 15) is 18.0 Å². The molecule has 20 heavy (non-hydrogen) atoms. The Bertz CT molecular complexity index is 554. The molecule has 1 rings (SSSR count). The van der Waals surface area contributed by atoms with Crippen LogP contribution >= 0.6 is 0 Å². The highest BCUT2D eigenvalue weighted by molar-refractivity contribution is 7.90. The number of rotatable bonds is 7. The topological polar surface area (TPSA) is 141 Å². The van der Waals surface area contributed by atoms with Crippen molar-refractivity contribution < 1.29 is 23.1 Å². The van der Waals surface area contributed by atoms with Gasteiger partial charge in [-0.3, -0.25) is 5.10 Å². The number of carbonyl (C=O) groups excluding carboxylic acids is 1. The monoisotopic (exact) mass is 304 g/mol. The predicted molar refractivity (Wildman–Crippen MR) is 69.7 cm³/mol. The standard InChI is InChI=1S/C10H16N4O5S/c1-20(18,19)3-2-8(9(15)16)14-10(17)11-4-7-5-12-13-6-7/h5-6,8H,2-4H2,1H3,(H,12,13)(H,15,16)(H2,11,14,17). The van der Waals surface area contributed by atoms with Crippen molar-refractivity contribution in [1.29, 1.82) is 0 Å². The minimum atomic E-state index is -3.28. The van der Waals surface area contributed by atoms with Gasteiger partial charge in [0.15, 0.2) is 0 Å². The van der Waals surface area contributed by atoms with E-state index in [0.717, 1.165) is 11.8 Å². The minimum Gasteiger partial charge on any atom is -0.480 e. The van der Waals surface area contributed by atoms with Crippen LogP contribution in [0.4, 0.5) is 4.79 Å². The Morgan fingerprint density at radius 3 is 2.70 bits per heavy atom. The summed E-state index contributed by atoms with van der Waals surface area (Å²) in [6, 6.07) is -1.94. The molecule has 4 N–H and O–H groups in total. The summed E-state index contributed by atoms with van der Waals surface area (Å²) in [5, 5.41) is 19.8. The molecule has 9 nitrogen and oxygen atoms in total. The van der Waals surface area contributed by atoms with Crippen LogP contribution in [0, 0.1) is 0 Å². The van der Waals surface area contributed by atoms with Crippen LogP contribution in [0.1, 0.15) is 12.0 Å². The molecule has 0 spiro atoms. The van der Waals surface area contributed by atoms with Crippen LogP contribution in [0.3, 0.4) is 0 Å². The van der Waals surface area contributed by atoms with Gasteiger partial charge in [0.05, 0.1) is 11.9 Å².